The van der Waals surface area contributed by atoms with E-state index in [0.717, 1.165) is 0 Å². The predicted molar refractivity (Wildman–Crippen MR) is 45.4 cm³/mol. The van der Waals surface area contributed by atoms with E-state index in [0.29, 0.717) is 0 Å². The molecule has 0 radical (unpaired) electrons. The minimum absolute atomic E-state index is 0.425. The number of carbonyl (C=O) groups is 1. The number of halogens is 1. The zero-order chi connectivity index (χ0) is 8.69. The van der Waals surface area contributed by atoms with E-state index >= 15 is 0 Å². The molecule has 11 heavy (non-hydrogen) atoms. The van der Waals surface area contributed by atoms with Gasteiger partial charge in [-0.1, -0.05) is 29.8 Å². The van der Waals surface area contributed by atoms with Gasteiger partial charge in [-0.15, -0.1) is 0 Å². The van der Waals surface area contributed by atoms with Crippen LogP contribution in [0.2, 0.25) is 0 Å². The molecular formula is C8H11ClO2. The van der Waals surface area contributed by atoms with E-state index in [1.165, 1.54) is 6.08 Å². The molecule has 0 aliphatic heterocycles. The average molecular weight is 175 g/mol. The van der Waals surface area contributed by atoms with Crippen LogP contribution < -0.4 is 0 Å². The van der Waals surface area contributed by atoms with E-state index in [1.54, 1.807) is 19.1 Å². The van der Waals surface area contributed by atoms with Crippen LogP contribution in [0, 0.1) is 0 Å². The quantitative estimate of drug-likeness (QED) is 0.284. The zero-order valence-corrected chi connectivity index (χ0v) is 7.34. The van der Waals surface area contributed by atoms with Crippen molar-refractivity contribution in [3.8, 4) is 0 Å². The number of allylic oxidation sites excluding steroid dienone is 3. The minimum Gasteiger partial charge on any atom is -0.443 e. The third-order valence-corrected chi connectivity index (χ3v) is 0.904. The molecular weight excluding hydrogens is 164 g/mol. The molecule has 0 saturated carbocycles. The maximum atomic E-state index is 10.7. The van der Waals surface area contributed by atoms with Gasteiger partial charge in [0.2, 0.25) is 0 Å². The standard InChI is InChI=1S/C8H11ClO2/c1-3-4-5-6-8(10)11-7(2)9/h3-7H,1-2H3. The topological polar surface area (TPSA) is 26.3 Å². The van der Waals surface area contributed by atoms with Gasteiger partial charge in [0, 0.05) is 6.08 Å². The monoisotopic (exact) mass is 174 g/mol. The minimum atomic E-state index is -0.572. The lowest BCUT2D eigenvalue weighted by atomic mass is 10.4. The van der Waals surface area contributed by atoms with Gasteiger partial charge in [-0.05, 0) is 13.8 Å². The molecule has 0 aromatic carbocycles. The fourth-order valence-electron chi connectivity index (χ4n) is 0.445. The molecule has 0 spiro atoms. The highest BCUT2D eigenvalue weighted by Gasteiger charge is 1.99. The molecule has 0 bridgehead atoms. The summed E-state index contributed by atoms with van der Waals surface area (Å²) in [6.07, 6.45) is 6.47. The molecule has 0 aliphatic rings. The summed E-state index contributed by atoms with van der Waals surface area (Å²) in [5.74, 6) is -0.425. The molecule has 1 unspecified atom stereocenters. The molecule has 0 aliphatic carbocycles. The highest BCUT2D eigenvalue weighted by Crippen LogP contribution is 1.96. The summed E-state index contributed by atoms with van der Waals surface area (Å²) in [6.45, 7) is 3.45. The van der Waals surface area contributed by atoms with Crippen LogP contribution in [0.5, 0.6) is 0 Å². The first-order chi connectivity index (χ1) is 5.16. The second kappa shape index (κ2) is 5.98. The summed E-state index contributed by atoms with van der Waals surface area (Å²) in [5.41, 5.74) is -0.572. The van der Waals surface area contributed by atoms with Crippen molar-refractivity contribution in [3.05, 3.63) is 24.3 Å². The number of rotatable bonds is 3. The van der Waals surface area contributed by atoms with Crippen LogP contribution >= 0.6 is 11.6 Å². The Balaban J connectivity index is 3.69. The smallest absolute Gasteiger partial charge is 0.332 e. The van der Waals surface area contributed by atoms with Crippen LogP contribution in [-0.2, 0) is 9.53 Å². The number of esters is 1. The molecule has 62 valence electrons. The van der Waals surface area contributed by atoms with E-state index in [2.05, 4.69) is 4.74 Å². The molecule has 0 saturated heterocycles. The van der Waals surface area contributed by atoms with E-state index in [-0.39, 0.29) is 0 Å². The van der Waals surface area contributed by atoms with Crippen LogP contribution in [0.4, 0.5) is 0 Å². The van der Waals surface area contributed by atoms with Gasteiger partial charge in [0.1, 0.15) is 0 Å². The van der Waals surface area contributed by atoms with Crippen molar-refractivity contribution >= 4 is 17.6 Å². The van der Waals surface area contributed by atoms with E-state index in [4.69, 9.17) is 11.6 Å². The van der Waals surface area contributed by atoms with Gasteiger partial charge >= 0.3 is 5.97 Å². The lowest BCUT2D eigenvalue weighted by molar-refractivity contribution is -0.138. The van der Waals surface area contributed by atoms with Gasteiger partial charge < -0.3 is 4.74 Å². The molecule has 0 rings (SSSR count). The Morgan fingerprint density at radius 1 is 1.55 bits per heavy atom. The lowest BCUT2D eigenvalue weighted by Crippen LogP contribution is -2.05. The first-order valence-electron chi connectivity index (χ1n) is 3.31. The summed E-state index contributed by atoms with van der Waals surface area (Å²) < 4.78 is 4.60. The number of hydrogen-bond acceptors (Lipinski definition) is 2. The lowest BCUT2D eigenvalue weighted by Gasteiger charge is -2.00. The first-order valence-corrected chi connectivity index (χ1v) is 3.74. The van der Waals surface area contributed by atoms with Crippen LogP contribution in [0.3, 0.4) is 0 Å². The van der Waals surface area contributed by atoms with Gasteiger partial charge in [0.25, 0.3) is 0 Å². The molecule has 0 fully saturated rings. The van der Waals surface area contributed by atoms with Gasteiger partial charge in [0.15, 0.2) is 5.56 Å². The predicted octanol–water partition coefficient (Wildman–Crippen LogP) is 2.25. The van der Waals surface area contributed by atoms with Gasteiger partial charge in [-0.3, -0.25) is 0 Å². The Labute approximate surface area is 71.5 Å². The Morgan fingerprint density at radius 3 is 2.64 bits per heavy atom. The summed E-state index contributed by atoms with van der Waals surface area (Å²) in [6, 6.07) is 0. The van der Waals surface area contributed by atoms with Crippen LogP contribution in [0.15, 0.2) is 24.3 Å². The van der Waals surface area contributed by atoms with Crippen molar-refractivity contribution in [2.75, 3.05) is 0 Å². The maximum Gasteiger partial charge on any atom is 0.332 e. The SMILES string of the molecule is CC=CC=CC(=O)OC(C)Cl. The summed E-state index contributed by atoms with van der Waals surface area (Å²) in [7, 11) is 0. The summed E-state index contributed by atoms with van der Waals surface area (Å²) >= 11 is 5.39. The normalized spacial score (nSPS) is 14.1. The van der Waals surface area contributed by atoms with E-state index in [9.17, 15) is 4.79 Å². The van der Waals surface area contributed by atoms with E-state index in [1.807, 2.05) is 13.0 Å². The van der Waals surface area contributed by atoms with Crippen molar-refractivity contribution in [2.24, 2.45) is 0 Å². The molecule has 3 heteroatoms. The number of ether oxygens (including phenoxy) is 1. The highest BCUT2D eigenvalue weighted by atomic mass is 35.5. The molecule has 0 heterocycles. The van der Waals surface area contributed by atoms with Gasteiger partial charge in [0.05, 0.1) is 0 Å². The fourth-order valence-corrected chi connectivity index (χ4v) is 0.532. The maximum absolute atomic E-state index is 10.7. The number of alkyl halides is 1. The van der Waals surface area contributed by atoms with Crippen molar-refractivity contribution in [1.29, 1.82) is 0 Å². The third kappa shape index (κ3) is 7.13. The van der Waals surface area contributed by atoms with Crippen LogP contribution in [0.1, 0.15) is 13.8 Å². The van der Waals surface area contributed by atoms with Crippen molar-refractivity contribution in [2.45, 2.75) is 19.4 Å². The Morgan fingerprint density at radius 2 is 2.18 bits per heavy atom. The first kappa shape index (κ1) is 10.2. The Kier molecular flexibility index (Phi) is 5.57. The van der Waals surface area contributed by atoms with Crippen molar-refractivity contribution < 1.29 is 9.53 Å². The second-order valence-corrected chi connectivity index (χ2v) is 2.48. The number of hydrogen-bond donors (Lipinski definition) is 0. The molecule has 0 aromatic heterocycles. The van der Waals surface area contributed by atoms with Crippen molar-refractivity contribution in [3.63, 3.8) is 0 Å². The van der Waals surface area contributed by atoms with E-state index < -0.39 is 11.5 Å². The third-order valence-electron chi connectivity index (χ3n) is 0.814. The fraction of sp³-hybridized carbons (Fsp3) is 0.375. The molecule has 0 aromatic rings. The average Bonchev–Trinajstić information content (AvgIpc) is 1.86. The largest absolute Gasteiger partial charge is 0.443 e. The number of carbonyl (C=O) groups excluding carboxylic acids is 1. The summed E-state index contributed by atoms with van der Waals surface area (Å²) in [5, 5.41) is 0. The van der Waals surface area contributed by atoms with Crippen molar-refractivity contribution in [1.82, 2.24) is 0 Å². The molecule has 0 N–H and O–H groups in total. The van der Waals surface area contributed by atoms with Crippen LogP contribution in [-0.4, -0.2) is 11.5 Å². The zero-order valence-electron chi connectivity index (χ0n) is 6.58. The van der Waals surface area contributed by atoms with Gasteiger partial charge in [-0.2, -0.15) is 0 Å². The molecule has 0 amide bonds. The summed E-state index contributed by atoms with van der Waals surface area (Å²) in [4.78, 5) is 10.7. The highest BCUT2D eigenvalue weighted by molar-refractivity contribution is 6.20. The Hall–Kier alpha value is -0.760. The van der Waals surface area contributed by atoms with Gasteiger partial charge in [-0.25, -0.2) is 4.79 Å². The molecule has 2 nitrogen and oxygen atoms in total. The second-order valence-electron chi connectivity index (χ2n) is 1.86. The van der Waals surface area contributed by atoms with Crippen LogP contribution in [0.25, 0.3) is 0 Å². The Bertz CT molecular complexity index is 171. The molecule has 1 atom stereocenters.